The lowest BCUT2D eigenvalue weighted by atomic mass is 9.85. The van der Waals surface area contributed by atoms with E-state index < -0.39 is 0 Å². The number of aldehydes is 1. The van der Waals surface area contributed by atoms with Crippen molar-refractivity contribution in [2.24, 2.45) is 5.41 Å². The fourth-order valence-electron chi connectivity index (χ4n) is 2.52. The van der Waals surface area contributed by atoms with Crippen molar-refractivity contribution in [1.82, 2.24) is 0 Å². The van der Waals surface area contributed by atoms with Crippen LogP contribution in [0.15, 0.2) is 34.7 Å². The van der Waals surface area contributed by atoms with E-state index in [0.29, 0.717) is 19.3 Å². The van der Waals surface area contributed by atoms with Crippen LogP contribution < -0.4 is 0 Å². The minimum atomic E-state index is 0.00999. The lowest BCUT2D eigenvalue weighted by Gasteiger charge is -2.20. The van der Waals surface area contributed by atoms with Crippen LogP contribution in [-0.4, -0.2) is 6.29 Å². The SMILES string of the molecule is CC#CCC(C)(C)C/C=C(\C)CC/C(C)=C(\F)CC/C=C(\C)CCC=O. The molecule has 0 atom stereocenters. The van der Waals surface area contributed by atoms with Gasteiger partial charge >= 0.3 is 0 Å². The maximum atomic E-state index is 14.2. The fraction of sp³-hybridized carbons (Fsp3) is 0.625. The molecular weight excluding hydrogens is 323 g/mol. The highest BCUT2D eigenvalue weighted by atomic mass is 19.1. The molecule has 0 aromatic heterocycles. The third kappa shape index (κ3) is 12.7. The first-order valence-corrected chi connectivity index (χ1v) is 9.70. The molecule has 0 unspecified atom stereocenters. The van der Waals surface area contributed by atoms with E-state index in [1.165, 1.54) is 5.57 Å². The van der Waals surface area contributed by atoms with Crippen LogP contribution in [0, 0.1) is 17.3 Å². The Balaban J connectivity index is 4.40. The van der Waals surface area contributed by atoms with E-state index in [1.807, 2.05) is 26.8 Å². The summed E-state index contributed by atoms with van der Waals surface area (Å²) in [5.41, 5.74) is 3.53. The molecule has 0 saturated heterocycles. The average molecular weight is 361 g/mol. The van der Waals surface area contributed by atoms with Gasteiger partial charge in [0.1, 0.15) is 6.29 Å². The van der Waals surface area contributed by atoms with Crippen LogP contribution in [0.2, 0.25) is 0 Å². The molecule has 1 nitrogen and oxygen atoms in total. The predicted octanol–water partition coefficient (Wildman–Crippen LogP) is 7.49. The van der Waals surface area contributed by atoms with Crippen molar-refractivity contribution in [3.8, 4) is 11.8 Å². The maximum absolute atomic E-state index is 14.2. The zero-order valence-corrected chi connectivity index (χ0v) is 17.7. The highest BCUT2D eigenvalue weighted by Crippen LogP contribution is 2.27. The molecule has 0 aliphatic heterocycles. The topological polar surface area (TPSA) is 17.1 Å². The molecule has 0 aliphatic carbocycles. The summed E-state index contributed by atoms with van der Waals surface area (Å²) < 4.78 is 14.2. The summed E-state index contributed by atoms with van der Waals surface area (Å²) in [5.74, 6) is 6.13. The van der Waals surface area contributed by atoms with Crippen molar-refractivity contribution < 1.29 is 9.18 Å². The van der Waals surface area contributed by atoms with Gasteiger partial charge in [0, 0.05) is 19.3 Å². The van der Waals surface area contributed by atoms with Gasteiger partial charge in [-0.15, -0.1) is 11.8 Å². The van der Waals surface area contributed by atoms with E-state index in [1.54, 1.807) is 0 Å². The van der Waals surface area contributed by atoms with E-state index in [0.717, 1.165) is 49.5 Å². The zero-order chi connectivity index (χ0) is 20.0. The molecule has 26 heavy (non-hydrogen) atoms. The summed E-state index contributed by atoms with van der Waals surface area (Å²) >= 11 is 0. The molecule has 2 heteroatoms. The van der Waals surface area contributed by atoms with E-state index in [4.69, 9.17) is 0 Å². The molecule has 0 aliphatic rings. The molecule has 0 aromatic rings. The highest BCUT2D eigenvalue weighted by molar-refractivity contribution is 5.49. The Labute approximate surface area is 160 Å². The van der Waals surface area contributed by atoms with Crippen molar-refractivity contribution in [3.05, 3.63) is 34.7 Å². The largest absolute Gasteiger partial charge is 0.303 e. The van der Waals surface area contributed by atoms with Gasteiger partial charge in [-0.25, -0.2) is 4.39 Å². The molecule has 0 rings (SSSR count). The molecule has 0 heterocycles. The van der Waals surface area contributed by atoms with Crippen LogP contribution in [0.1, 0.15) is 92.9 Å². The van der Waals surface area contributed by atoms with Gasteiger partial charge in [-0.2, -0.15) is 0 Å². The maximum Gasteiger partial charge on any atom is 0.120 e. The molecule has 0 N–H and O–H groups in total. The van der Waals surface area contributed by atoms with Gasteiger partial charge < -0.3 is 4.79 Å². The van der Waals surface area contributed by atoms with Crippen LogP contribution in [-0.2, 0) is 4.79 Å². The van der Waals surface area contributed by atoms with E-state index >= 15 is 0 Å². The summed E-state index contributed by atoms with van der Waals surface area (Å²) in [5, 5.41) is 0. The van der Waals surface area contributed by atoms with Gasteiger partial charge in [0.2, 0.25) is 0 Å². The Morgan fingerprint density at radius 1 is 0.962 bits per heavy atom. The molecular formula is C24H37FO. The smallest absolute Gasteiger partial charge is 0.120 e. The minimum Gasteiger partial charge on any atom is -0.303 e. The average Bonchev–Trinajstić information content (AvgIpc) is 2.60. The van der Waals surface area contributed by atoms with E-state index in [-0.39, 0.29) is 11.2 Å². The predicted molar refractivity (Wildman–Crippen MR) is 112 cm³/mol. The molecule has 0 spiro atoms. The third-order valence-electron chi connectivity index (χ3n) is 4.62. The first-order chi connectivity index (χ1) is 12.2. The number of hydrogen-bond donors (Lipinski definition) is 0. The number of carbonyl (C=O) groups excluding carboxylic acids is 1. The summed E-state index contributed by atoms with van der Waals surface area (Å²) in [4.78, 5) is 10.4. The van der Waals surface area contributed by atoms with Crippen molar-refractivity contribution in [1.29, 1.82) is 0 Å². The fourth-order valence-corrected chi connectivity index (χ4v) is 2.52. The second-order valence-corrected chi connectivity index (χ2v) is 8.00. The molecule has 0 amide bonds. The number of halogens is 1. The number of rotatable bonds is 12. The standard InChI is InChI=1S/C24H37FO/c1-7-8-17-24(5,6)18-16-21(3)14-15-22(4)23(25)13-9-11-20(2)12-10-19-26/h11,16,19H,9-10,12-15,17-18H2,1-6H3/b20-11+,21-16+,23-22-. The van der Waals surface area contributed by atoms with Crippen molar-refractivity contribution >= 4 is 6.29 Å². The van der Waals surface area contributed by atoms with Crippen LogP contribution >= 0.6 is 0 Å². The van der Waals surface area contributed by atoms with Gasteiger partial charge in [0.25, 0.3) is 0 Å². The Morgan fingerprint density at radius 3 is 2.23 bits per heavy atom. The summed E-state index contributed by atoms with van der Waals surface area (Å²) in [6.45, 7) is 12.4. The lowest BCUT2D eigenvalue weighted by molar-refractivity contribution is -0.107. The van der Waals surface area contributed by atoms with E-state index in [2.05, 4.69) is 38.7 Å². The Morgan fingerprint density at radius 2 is 1.62 bits per heavy atom. The number of carbonyl (C=O) groups is 1. The normalized spacial score (nSPS) is 13.8. The molecule has 0 aromatic carbocycles. The van der Waals surface area contributed by atoms with Gasteiger partial charge in [-0.1, -0.05) is 37.1 Å². The molecule has 0 fully saturated rings. The van der Waals surface area contributed by atoms with Crippen molar-refractivity contribution in [2.45, 2.75) is 92.9 Å². The molecule has 0 radical (unpaired) electrons. The van der Waals surface area contributed by atoms with Crippen LogP contribution in [0.4, 0.5) is 4.39 Å². The summed E-state index contributed by atoms with van der Waals surface area (Å²) in [6.07, 6.45) is 11.3. The summed E-state index contributed by atoms with van der Waals surface area (Å²) in [7, 11) is 0. The van der Waals surface area contributed by atoms with Crippen molar-refractivity contribution in [2.75, 3.05) is 0 Å². The second kappa shape index (κ2) is 13.6. The van der Waals surface area contributed by atoms with Crippen LogP contribution in [0.25, 0.3) is 0 Å². The quantitative estimate of drug-likeness (QED) is 0.200. The van der Waals surface area contributed by atoms with Crippen LogP contribution in [0.5, 0.6) is 0 Å². The van der Waals surface area contributed by atoms with Gasteiger partial charge in [-0.3, -0.25) is 0 Å². The Kier molecular flexibility index (Phi) is 12.7. The zero-order valence-electron chi connectivity index (χ0n) is 17.7. The molecule has 0 saturated carbocycles. The van der Waals surface area contributed by atoms with Crippen LogP contribution in [0.3, 0.4) is 0 Å². The monoisotopic (exact) mass is 360 g/mol. The minimum absolute atomic E-state index is 0.00999. The highest BCUT2D eigenvalue weighted by Gasteiger charge is 2.14. The van der Waals surface area contributed by atoms with Gasteiger partial charge in [-0.05, 0) is 70.8 Å². The van der Waals surface area contributed by atoms with Gasteiger partial charge in [0.15, 0.2) is 0 Å². The lowest BCUT2D eigenvalue weighted by Crippen LogP contribution is -2.08. The molecule has 0 bridgehead atoms. The Bertz CT molecular complexity index is 579. The van der Waals surface area contributed by atoms with Crippen molar-refractivity contribution in [3.63, 3.8) is 0 Å². The third-order valence-corrected chi connectivity index (χ3v) is 4.62. The summed E-state index contributed by atoms with van der Waals surface area (Å²) in [6, 6.07) is 0. The van der Waals surface area contributed by atoms with E-state index in [9.17, 15) is 9.18 Å². The first-order valence-electron chi connectivity index (χ1n) is 9.70. The number of allylic oxidation sites excluding steroid dienone is 6. The first kappa shape index (κ1) is 24.4. The van der Waals surface area contributed by atoms with Gasteiger partial charge in [0.05, 0.1) is 5.83 Å². The number of hydrogen-bond acceptors (Lipinski definition) is 1. The Hall–Kier alpha value is -1.62. The molecule has 146 valence electrons. The second-order valence-electron chi connectivity index (χ2n) is 8.00.